The monoisotopic (exact) mass is 290 g/mol. The maximum absolute atomic E-state index is 13.3. The molecule has 2 rings (SSSR count). The number of nitrogens with two attached hydrogens (primary N) is 1. The summed E-state index contributed by atoms with van der Waals surface area (Å²) in [5.74, 6) is -2.37. The van der Waals surface area contributed by atoms with E-state index < -0.39 is 27.3 Å². The number of anilines is 2. The zero-order valence-corrected chi connectivity index (χ0v) is 10.5. The molecule has 0 saturated heterocycles. The van der Waals surface area contributed by atoms with Crippen LogP contribution in [-0.2, 0) is 10.0 Å². The van der Waals surface area contributed by atoms with Gasteiger partial charge in [-0.25, -0.2) is 17.2 Å². The molecule has 1 aromatic heterocycles. The van der Waals surface area contributed by atoms with Gasteiger partial charge in [0.15, 0.2) is 11.6 Å². The summed E-state index contributed by atoms with van der Waals surface area (Å²) in [7, 11) is -3.95. The second-order valence-electron chi connectivity index (χ2n) is 3.41. The topological polar surface area (TPSA) is 72.2 Å². The van der Waals surface area contributed by atoms with Crippen LogP contribution < -0.4 is 10.5 Å². The SMILES string of the molecule is Nc1csc(S(=O)(=O)Nc2cccc(F)c2F)c1. The third-order valence-electron chi connectivity index (χ3n) is 2.06. The lowest BCUT2D eigenvalue weighted by Crippen LogP contribution is -2.13. The molecule has 2 aromatic rings. The van der Waals surface area contributed by atoms with Crippen molar-refractivity contribution < 1.29 is 17.2 Å². The summed E-state index contributed by atoms with van der Waals surface area (Å²) in [6.07, 6.45) is 0. The van der Waals surface area contributed by atoms with E-state index in [1.165, 1.54) is 17.5 Å². The Balaban J connectivity index is 2.37. The third-order valence-corrected chi connectivity index (χ3v) is 4.88. The van der Waals surface area contributed by atoms with Crippen molar-refractivity contribution in [1.29, 1.82) is 0 Å². The Labute approximate surface area is 106 Å². The summed E-state index contributed by atoms with van der Waals surface area (Å²) in [5.41, 5.74) is 5.26. The van der Waals surface area contributed by atoms with Gasteiger partial charge in [0, 0.05) is 11.1 Å². The van der Waals surface area contributed by atoms with Crippen molar-refractivity contribution in [2.45, 2.75) is 4.21 Å². The molecule has 0 aliphatic heterocycles. The molecule has 0 aliphatic carbocycles. The molecular weight excluding hydrogens is 282 g/mol. The Bertz CT molecular complexity index is 683. The molecule has 0 radical (unpaired) electrons. The van der Waals surface area contributed by atoms with Gasteiger partial charge in [-0.2, -0.15) is 0 Å². The van der Waals surface area contributed by atoms with Crippen LogP contribution in [0.4, 0.5) is 20.2 Å². The second-order valence-corrected chi connectivity index (χ2v) is 6.23. The molecule has 3 N–H and O–H groups in total. The van der Waals surface area contributed by atoms with Gasteiger partial charge in [0.1, 0.15) is 4.21 Å². The minimum absolute atomic E-state index is 0.0661. The maximum atomic E-state index is 13.3. The number of halogens is 2. The van der Waals surface area contributed by atoms with Gasteiger partial charge < -0.3 is 5.73 Å². The van der Waals surface area contributed by atoms with E-state index in [0.717, 1.165) is 23.5 Å². The van der Waals surface area contributed by atoms with Crippen molar-refractivity contribution in [2.24, 2.45) is 0 Å². The summed E-state index contributed by atoms with van der Waals surface area (Å²) < 4.78 is 51.8. The molecule has 0 saturated carbocycles. The van der Waals surface area contributed by atoms with Crippen molar-refractivity contribution in [3.05, 3.63) is 41.3 Å². The Kier molecular flexibility index (Phi) is 3.22. The molecule has 1 aromatic carbocycles. The van der Waals surface area contributed by atoms with Crippen LogP contribution in [0.3, 0.4) is 0 Å². The third kappa shape index (κ3) is 2.44. The minimum Gasteiger partial charge on any atom is -0.398 e. The molecule has 1 heterocycles. The fourth-order valence-corrected chi connectivity index (χ4v) is 3.39. The van der Waals surface area contributed by atoms with Crippen LogP contribution >= 0.6 is 11.3 Å². The molecule has 0 aliphatic rings. The van der Waals surface area contributed by atoms with Gasteiger partial charge in [-0.05, 0) is 18.2 Å². The highest BCUT2D eigenvalue weighted by Gasteiger charge is 2.19. The molecule has 0 fully saturated rings. The molecule has 96 valence electrons. The molecule has 0 bridgehead atoms. The van der Waals surface area contributed by atoms with Gasteiger partial charge in [-0.3, -0.25) is 4.72 Å². The summed E-state index contributed by atoms with van der Waals surface area (Å²) in [6, 6.07) is 4.48. The average molecular weight is 290 g/mol. The number of benzene rings is 1. The number of hydrogen-bond donors (Lipinski definition) is 2. The van der Waals surface area contributed by atoms with E-state index >= 15 is 0 Å². The van der Waals surface area contributed by atoms with Crippen LogP contribution in [0, 0.1) is 11.6 Å². The van der Waals surface area contributed by atoms with E-state index in [4.69, 9.17) is 5.73 Å². The summed E-state index contributed by atoms with van der Waals surface area (Å²) >= 11 is 0.894. The lowest BCUT2D eigenvalue weighted by molar-refractivity contribution is 0.511. The number of sulfonamides is 1. The quantitative estimate of drug-likeness (QED) is 0.911. The number of hydrogen-bond acceptors (Lipinski definition) is 4. The molecule has 0 unspecified atom stereocenters. The van der Waals surface area contributed by atoms with Gasteiger partial charge in [0.2, 0.25) is 0 Å². The minimum atomic E-state index is -3.95. The molecule has 8 heteroatoms. The molecule has 0 atom stereocenters. The molecule has 18 heavy (non-hydrogen) atoms. The first-order valence-corrected chi connectivity index (χ1v) is 7.07. The van der Waals surface area contributed by atoms with E-state index in [-0.39, 0.29) is 4.21 Å². The first kappa shape index (κ1) is 12.8. The second kappa shape index (κ2) is 4.54. The predicted octanol–water partition coefficient (Wildman–Crippen LogP) is 2.41. The van der Waals surface area contributed by atoms with Gasteiger partial charge in [0.25, 0.3) is 10.0 Å². The molecular formula is C10H8F2N2O2S2. The van der Waals surface area contributed by atoms with Crippen LogP contribution in [-0.4, -0.2) is 8.42 Å². The standard InChI is InChI=1S/C10H8F2N2O2S2/c11-7-2-1-3-8(10(7)12)14-18(15,16)9-4-6(13)5-17-9/h1-5,14H,13H2. The summed E-state index contributed by atoms with van der Waals surface area (Å²) in [4.78, 5) is 0. The maximum Gasteiger partial charge on any atom is 0.271 e. The Hall–Kier alpha value is -1.67. The highest BCUT2D eigenvalue weighted by Crippen LogP contribution is 2.25. The van der Waals surface area contributed by atoms with E-state index in [9.17, 15) is 17.2 Å². The van der Waals surface area contributed by atoms with E-state index in [1.807, 2.05) is 4.72 Å². The number of nitrogen functional groups attached to an aromatic ring is 1. The van der Waals surface area contributed by atoms with Gasteiger partial charge >= 0.3 is 0 Å². The van der Waals surface area contributed by atoms with Crippen molar-refractivity contribution in [3.63, 3.8) is 0 Å². The van der Waals surface area contributed by atoms with Gasteiger partial charge in [-0.15, -0.1) is 11.3 Å². The van der Waals surface area contributed by atoms with Crippen molar-refractivity contribution >= 4 is 32.7 Å². The number of rotatable bonds is 3. The van der Waals surface area contributed by atoms with E-state index in [0.29, 0.717) is 5.69 Å². The Morgan fingerprint density at radius 3 is 2.61 bits per heavy atom. The van der Waals surface area contributed by atoms with Crippen molar-refractivity contribution in [3.8, 4) is 0 Å². The highest BCUT2D eigenvalue weighted by atomic mass is 32.2. The van der Waals surface area contributed by atoms with E-state index in [2.05, 4.69) is 0 Å². The van der Waals surface area contributed by atoms with Crippen LogP contribution in [0.25, 0.3) is 0 Å². The summed E-state index contributed by atoms with van der Waals surface area (Å²) in [6.45, 7) is 0. The first-order valence-electron chi connectivity index (χ1n) is 4.71. The first-order chi connectivity index (χ1) is 8.40. The molecule has 0 amide bonds. The van der Waals surface area contributed by atoms with E-state index in [1.54, 1.807) is 0 Å². The van der Waals surface area contributed by atoms with Crippen LogP contribution in [0.2, 0.25) is 0 Å². The smallest absolute Gasteiger partial charge is 0.271 e. The zero-order chi connectivity index (χ0) is 13.3. The molecule has 0 spiro atoms. The summed E-state index contributed by atoms with van der Waals surface area (Å²) in [5, 5.41) is 1.44. The average Bonchev–Trinajstić information content (AvgIpc) is 2.72. The van der Waals surface area contributed by atoms with Crippen LogP contribution in [0.15, 0.2) is 33.9 Å². The normalized spacial score (nSPS) is 11.4. The number of thiophene rings is 1. The largest absolute Gasteiger partial charge is 0.398 e. The lowest BCUT2D eigenvalue weighted by Gasteiger charge is -2.07. The van der Waals surface area contributed by atoms with Gasteiger partial charge in [0.05, 0.1) is 5.69 Å². The zero-order valence-electron chi connectivity index (χ0n) is 8.85. The fourth-order valence-electron chi connectivity index (χ4n) is 1.25. The molecule has 4 nitrogen and oxygen atoms in total. The van der Waals surface area contributed by atoms with Crippen LogP contribution in [0.1, 0.15) is 0 Å². The van der Waals surface area contributed by atoms with Gasteiger partial charge in [-0.1, -0.05) is 6.07 Å². The predicted molar refractivity (Wildman–Crippen MR) is 65.9 cm³/mol. The van der Waals surface area contributed by atoms with Crippen molar-refractivity contribution in [2.75, 3.05) is 10.5 Å². The lowest BCUT2D eigenvalue weighted by atomic mass is 10.3. The Morgan fingerprint density at radius 1 is 1.28 bits per heavy atom. The number of nitrogens with one attached hydrogen (secondary N) is 1. The fraction of sp³-hybridized carbons (Fsp3) is 0. The van der Waals surface area contributed by atoms with Crippen molar-refractivity contribution in [1.82, 2.24) is 0 Å². The Morgan fingerprint density at radius 2 is 2.00 bits per heavy atom. The van der Waals surface area contributed by atoms with Crippen LogP contribution in [0.5, 0.6) is 0 Å². The highest BCUT2D eigenvalue weighted by molar-refractivity contribution is 7.94.